The van der Waals surface area contributed by atoms with Gasteiger partial charge in [0.1, 0.15) is 11.9 Å². The normalized spacial score (nSPS) is 26.2. The second-order valence-corrected chi connectivity index (χ2v) is 9.00. The Balaban J connectivity index is 1.22. The summed E-state index contributed by atoms with van der Waals surface area (Å²) in [5, 5.41) is 16.1. The average Bonchev–Trinajstić information content (AvgIpc) is 3.23. The average molecular weight is 401 g/mol. The number of hydrogen-bond donors (Lipinski definition) is 2. The van der Waals surface area contributed by atoms with Crippen molar-refractivity contribution >= 4 is 23.5 Å². The lowest BCUT2D eigenvalue weighted by atomic mass is 10.0. The van der Waals surface area contributed by atoms with Crippen molar-refractivity contribution in [2.45, 2.75) is 37.4 Å². The molecule has 4 heterocycles. The molecule has 0 saturated carbocycles. The number of pyridine rings is 1. The fourth-order valence-corrected chi connectivity index (χ4v) is 5.21. The highest BCUT2D eigenvalue weighted by molar-refractivity contribution is 7.99. The minimum Gasteiger partial charge on any atom is -0.357 e. The topological polar surface area (TPSA) is 84.3 Å². The maximum atomic E-state index is 12.7. The Hall–Kier alpha value is -1.82. The Morgan fingerprint density at radius 1 is 1.21 bits per heavy atom. The van der Waals surface area contributed by atoms with Crippen LogP contribution in [0.3, 0.4) is 0 Å². The van der Waals surface area contributed by atoms with Crippen LogP contribution in [-0.2, 0) is 4.79 Å². The van der Waals surface area contributed by atoms with Crippen molar-refractivity contribution in [1.29, 1.82) is 5.26 Å². The van der Waals surface area contributed by atoms with Gasteiger partial charge in [-0.1, -0.05) is 0 Å². The Morgan fingerprint density at radius 2 is 2.00 bits per heavy atom. The van der Waals surface area contributed by atoms with Crippen molar-refractivity contribution in [1.82, 2.24) is 20.5 Å². The van der Waals surface area contributed by atoms with Gasteiger partial charge in [-0.15, -0.1) is 0 Å². The van der Waals surface area contributed by atoms with E-state index in [4.69, 9.17) is 5.26 Å². The first-order valence-electron chi connectivity index (χ1n) is 10.2. The molecular weight excluding hydrogens is 372 g/mol. The van der Waals surface area contributed by atoms with Gasteiger partial charge in [0.2, 0.25) is 5.91 Å². The highest BCUT2D eigenvalue weighted by Gasteiger charge is 2.34. The van der Waals surface area contributed by atoms with E-state index < -0.39 is 0 Å². The molecule has 4 rings (SSSR count). The fraction of sp³-hybridized carbons (Fsp3) is 0.650. The van der Waals surface area contributed by atoms with E-state index in [1.165, 1.54) is 0 Å². The molecule has 8 heteroatoms. The lowest BCUT2D eigenvalue weighted by Gasteiger charge is -2.34. The summed E-state index contributed by atoms with van der Waals surface area (Å²) >= 11 is 1.93. The van der Waals surface area contributed by atoms with Crippen LogP contribution in [0.1, 0.15) is 24.8 Å². The number of nitrogens with zero attached hydrogens (tertiary/aromatic N) is 4. The van der Waals surface area contributed by atoms with Crippen LogP contribution in [-0.4, -0.2) is 78.1 Å². The molecule has 3 aliphatic heterocycles. The largest absolute Gasteiger partial charge is 0.357 e. The zero-order valence-corrected chi connectivity index (χ0v) is 17.0. The molecule has 0 aromatic carbocycles. The maximum Gasteiger partial charge on any atom is 0.239 e. The van der Waals surface area contributed by atoms with Gasteiger partial charge in [-0.2, -0.15) is 17.0 Å². The molecule has 7 nitrogen and oxygen atoms in total. The van der Waals surface area contributed by atoms with E-state index in [-0.39, 0.29) is 11.9 Å². The van der Waals surface area contributed by atoms with Crippen molar-refractivity contribution in [3.05, 3.63) is 23.9 Å². The number of carbonyl (C=O) groups is 1. The Bertz CT molecular complexity index is 706. The molecule has 1 aromatic heterocycles. The van der Waals surface area contributed by atoms with Crippen molar-refractivity contribution in [3.63, 3.8) is 0 Å². The highest BCUT2D eigenvalue weighted by Crippen LogP contribution is 2.20. The smallest absolute Gasteiger partial charge is 0.239 e. The van der Waals surface area contributed by atoms with Gasteiger partial charge in [0.25, 0.3) is 0 Å². The zero-order valence-electron chi connectivity index (χ0n) is 16.1. The number of aromatic nitrogens is 1. The third-order valence-corrected chi connectivity index (χ3v) is 6.86. The molecule has 3 fully saturated rings. The summed E-state index contributed by atoms with van der Waals surface area (Å²) in [6, 6.07) is 6.71. The Morgan fingerprint density at radius 3 is 2.68 bits per heavy atom. The predicted octanol–water partition coefficient (Wildman–Crippen LogP) is 0.818. The predicted molar refractivity (Wildman–Crippen MR) is 111 cm³/mol. The first kappa shape index (κ1) is 19.5. The minimum atomic E-state index is -0.0245. The van der Waals surface area contributed by atoms with E-state index in [1.807, 2.05) is 28.8 Å². The summed E-state index contributed by atoms with van der Waals surface area (Å²) in [6.45, 7) is 4.58. The van der Waals surface area contributed by atoms with Crippen LogP contribution in [0.4, 0.5) is 5.82 Å². The number of amides is 1. The summed E-state index contributed by atoms with van der Waals surface area (Å²) in [4.78, 5) is 21.4. The van der Waals surface area contributed by atoms with Crippen LogP contribution in [0.5, 0.6) is 0 Å². The quantitative estimate of drug-likeness (QED) is 0.774. The zero-order chi connectivity index (χ0) is 19.3. The Kier molecular flexibility index (Phi) is 6.35. The number of nitriles is 1. The number of hydrogen-bond acceptors (Lipinski definition) is 7. The van der Waals surface area contributed by atoms with Crippen LogP contribution < -0.4 is 15.5 Å². The van der Waals surface area contributed by atoms with Crippen LogP contribution in [0.25, 0.3) is 0 Å². The van der Waals surface area contributed by atoms with E-state index >= 15 is 0 Å². The first-order chi connectivity index (χ1) is 13.7. The molecule has 2 N–H and O–H groups in total. The molecule has 0 unspecified atom stereocenters. The monoisotopic (exact) mass is 400 g/mol. The third kappa shape index (κ3) is 4.59. The highest BCUT2D eigenvalue weighted by atomic mass is 32.2. The molecule has 28 heavy (non-hydrogen) atoms. The lowest BCUT2D eigenvalue weighted by molar-refractivity contribution is -0.132. The van der Waals surface area contributed by atoms with Crippen LogP contribution in [0.15, 0.2) is 18.3 Å². The first-order valence-corrected chi connectivity index (χ1v) is 11.4. The van der Waals surface area contributed by atoms with E-state index in [2.05, 4.69) is 26.6 Å². The van der Waals surface area contributed by atoms with Crippen molar-refractivity contribution in [2.24, 2.45) is 0 Å². The molecular formula is C20H28N6OS. The number of thioether (sulfide) groups is 1. The number of rotatable bonds is 4. The van der Waals surface area contributed by atoms with Gasteiger partial charge in [0.15, 0.2) is 0 Å². The van der Waals surface area contributed by atoms with Gasteiger partial charge < -0.3 is 20.4 Å². The number of carbonyl (C=O) groups excluding carboxylic acids is 1. The van der Waals surface area contributed by atoms with Crippen molar-refractivity contribution in [3.8, 4) is 6.07 Å². The standard InChI is InChI=1S/C20H28N6OS/c21-12-15-1-2-19(23-13-15)25-5-3-16(4-6-25)24-17-11-18(22-14-17)20(27)26-7-9-28-10-8-26/h1-2,13,16-18,22,24H,3-11,14H2/t17-,18-/m0/s1. The lowest BCUT2D eigenvalue weighted by Crippen LogP contribution is -2.47. The fourth-order valence-electron chi connectivity index (χ4n) is 4.30. The molecule has 0 bridgehead atoms. The van der Waals surface area contributed by atoms with Crippen LogP contribution >= 0.6 is 11.8 Å². The molecule has 3 aliphatic rings. The van der Waals surface area contributed by atoms with Gasteiger partial charge >= 0.3 is 0 Å². The molecule has 3 saturated heterocycles. The van der Waals surface area contributed by atoms with E-state index in [9.17, 15) is 4.79 Å². The Labute approximate surface area is 170 Å². The SMILES string of the molecule is N#Cc1ccc(N2CCC(N[C@@H]3CN[C@H](C(=O)N4CCSCC4)C3)CC2)nc1. The second kappa shape index (κ2) is 9.12. The molecule has 1 aromatic rings. The summed E-state index contributed by atoms with van der Waals surface area (Å²) in [5.74, 6) is 3.36. The molecule has 150 valence electrons. The molecule has 0 radical (unpaired) electrons. The minimum absolute atomic E-state index is 0.0245. The molecule has 2 atom stereocenters. The van der Waals surface area contributed by atoms with Gasteiger partial charge in [-0.25, -0.2) is 4.98 Å². The van der Waals surface area contributed by atoms with Gasteiger partial charge in [0.05, 0.1) is 11.6 Å². The maximum absolute atomic E-state index is 12.7. The van der Waals surface area contributed by atoms with Gasteiger partial charge in [0, 0.05) is 62.5 Å². The summed E-state index contributed by atoms with van der Waals surface area (Å²) in [6.07, 6.45) is 4.67. The van der Waals surface area contributed by atoms with Crippen molar-refractivity contribution < 1.29 is 4.79 Å². The van der Waals surface area contributed by atoms with E-state index in [0.29, 0.717) is 17.6 Å². The molecule has 1 amide bonds. The molecule has 0 aliphatic carbocycles. The van der Waals surface area contributed by atoms with E-state index in [0.717, 1.165) is 69.3 Å². The van der Waals surface area contributed by atoms with Gasteiger partial charge in [-0.3, -0.25) is 4.79 Å². The molecule has 0 spiro atoms. The number of nitrogens with one attached hydrogen (secondary N) is 2. The van der Waals surface area contributed by atoms with E-state index in [1.54, 1.807) is 6.20 Å². The summed E-state index contributed by atoms with van der Waals surface area (Å²) < 4.78 is 0. The number of anilines is 1. The summed E-state index contributed by atoms with van der Waals surface area (Å²) in [7, 11) is 0. The van der Waals surface area contributed by atoms with Crippen molar-refractivity contribution in [2.75, 3.05) is 49.1 Å². The third-order valence-electron chi connectivity index (χ3n) is 5.92. The van der Waals surface area contributed by atoms with Crippen LogP contribution in [0, 0.1) is 11.3 Å². The summed E-state index contributed by atoms with van der Waals surface area (Å²) in [5.41, 5.74) is 0.599. The van der Waals surface area contributed by atoms with Gasteiger partial charge in [-0.05, 0) is 31.4 Å². The van der Waals surface area contributed by atoms with Crippen LogP contribution in [0.2, 0.25) is 0 Å². The second-order valence-electron chi connectivity index (χ2n) is 7.78. The number of piperidine rings is 1.